The molecule has 2 N–H and O–H groups in total. The molecule has 0 saturated carbocycles. The second-order valence-electron chi connectivity index (χ2n) is 2.88. The number of hydrogen-bond acceptors (Lipinski definition) is 2. The molecular formula is C11H14N2. The van der Waals surface area contributed by atoms with Crippen molar-refractivity contribution in [2.75, 3.05) is 6.54 Å². The monoisotopic (exact) mass is 174 g/mol. The van der Waals surface area contributed by atoms with Crippen molar-refractivity contribution >= 4 is 0 Å². The Morgan fingerprint density at radius 1 is 1.46 bits per heavy atom. The molecule has 0 amide bonds. The largest absolute Gasteiger partial charge is 0.330 e. The third-order valence-electron chi connectivity index (χ3n) is 1.65. The first-order valence-electron chi connectivity index (χ1n) is 4.44. The predicted octanol–water partition coefficient (Wildman–Crippen LogP) is 1.48. The Hall–Kier alpha value is -1.33. The highest BCUT2D eigenvalue weighted by Gasteiger charge is 1.86. The van der Waals surface area contributed by atoms with Crippen LogP contribution in [0.2, 0.25) is 0 Å². The smallest absolute Gasteiger partial charge is 0.0428 e. The molecule has 1 aromatic rings. The predicted molar refractivity (Wildman–Crippen MR) is 54.1 cm³/mol. The lowest BCUT2D eigenvalue weighted by molar-refractivity contribution is 0.870. The van der Waals surface area contributed by atoms with Gasteiger partial charge in [0.2, 0.25) is 0 Å². The molecule has 0 bridgehead atoms. The molecule has 1 aromatic heterocycles. The molecule has 0 spiro atoms. The van der Waals surface area contributed by atoms with Gasteiger partial charge in [0, 0.05) is 23.9 Å². The molecule has 2 heteroatoms. The summed E-state index contributed by atoms with van der Waals surface area (Å²) >= 11 is 0. The maximum absolute atomic E-state index is 5.35. The van der Waals surface area contributed by atoms with Gasteiger partial charge in [-0.1, -0.05) is 11.8 Å². The molecule has 13 heavy (non-hydrogen) atoms. The lowest BCUT2D eigenvalue weighted by Crippen LogP contribution is -1.96. The SMILES string of the molecule is Cc1ccc(C#CCCCN)cn1. The molecule has 0 radical (unpaired) electrons. The molecule has 2 nitrogen and oxygen atoms in total. The average Bonchev–Trinajstić information content (AvgIpc) is 2.15. The van der Waals surface area contributed by atoms with Gasteiger partial charge in [0.05, 0.1) is 0 Å². The van der Waals surface area contributed by atoms with Crippen LogP contribution in [0.25, 0.3) is 0 Å². The highest BCUT2D eigenvalue weighted by atomic mass is 14.6. The topological polar surface area (TPSA) is 38.9 Å². The van der Waals surface area contributed by atoms with Crippen LogP contribution in [0.3, 0.4) is 0 Å². The van der Waals surface area contributed by atoms with Gasteiger partial charge in [-0.15, -0.1) is 0 Å². The second kappa shape index (κ2) is 5.34. The molecule has 0 atom stereocenters. The van der Waals surface area contributed by atoms with Crippen molar-refractivity contribution in [3.05, 3.63) is 29.6 Å². The third-order valence-corrected chi connectivity index (χ3v) is 1.65. The zero-order valence-electron chi connectivity index (χ0n) is 7.88. The van der Waals surface area contributed by atoms with Gasteiger partial charge in [0.25, 0.3) is 0 Å². The van der Waals surface area contributed by atoms with Gasteiger partial charge in [-0.2, -0.15) is 0 Å². The van der Waals surface area contributed by atoms with Crippen molar-refractivity contribution in [3.63, 3.8) is 0 Å². The summed E-state index contributed by atoms with van der Waals surface area (Å²) in [6.45, 7) is 2.67. The van der Waals surface area contributed by atoms with Crippen LogP contribution in [0.15, 0.2) is 18.3 Å². The summed E-state index contributed by atoms with van der Waals surface area (Å²) < 4.78 is 0. The number of nitrogens with zero attached hydrogens (tertiary/aromatic N) is 1. The number of pyridine rings is 1. The first-order chi connectivity index (χ1) is 6.33. The maximum Gasteiger partial charge on any atom is 0.0428 e. The van der Waals surface area contributed by atoms with Crippen LogP contribution in [-0.2, 0) is 0 Å². The average molecular weight is 174 g/mol. The normalized spacial score (nSPS) is 9.08. The fourth-order valence-electron chi connectivity index (χ4n) is 0.897. The minimum absolute atomic E-state index is 0.709. The fraction of sp³-hybridized carbons (Fsp3) is 0.364. The fourth-order valence-corrected chi connectivity index (χ4v) is 0.897. The van der Waals surface area contributed by atoms with E-state index in [9.17, 15) is 0 Å². The number of nitrogens with two attached hydrogens (primary N) is 1. The molecule has 0 fully saturated rings. The number of aromatic nitrogens is 1. The number of unbranched alkanes of at least 4 members (excludes halogenated alkanes) is 1. The first kappa shape index (κ1) is 9.76. The lowest BCUT2D eigenvalue weighted by Gasteiger charge is -1.90. The number of aryl methyl sites for hydroxylation is 1. The summed E-state index contributed by atoms with van der Waals surface area (Å²) in [6, 6.07) is 3.95. The van der Waals surface area contributed by atoms with Gasteiger partial charge in [-0.25, -0.2) is 0 Å². The Balaban J connectivity index is 2.52. The van der Waals surface area contributed by atoms with Crippen LogP contribution in [-0.4, -0.2) is 11.5 Å². The molecule has 0 saturated heterocycles. The molecular weight excluding hydrogens is 160 g/mol. The quantitative estimate of drug-likeness (QED) is 0.545. The molecule has 68 valence electrons. The van der Waals surface area contributed by atoms with Crippen LogP contribution in [0.1, 0.15) is 24.1 Å². The van der Waals surface area contributed by atoms with E-state index in [0.717, 1.165) is 24.1 Å². The summed E-state index contributed by atoms with van der Waals surface area (Å²) in [5.74, 6) is 6.09. The van der Waals surface area contributed by atoms with E-state index in [1.165, 1.54) is 0 Å². The summed E-state index contributed by atoms with van der Waals surface area (Å²) in [5.41, 5.74) is 7.34. The van der Waals surface area contributed by atoms with Crippen LogP contribution in [0.4, 0.5) is 0 Å². The second-order valence-corrected chi connectivity index (χ2v) is 2.88. The van der Waals surface area contributed by atoms with E-state index in [4.69, 9.17) is 5.73 Å². The van der Waals surface area contributed by atoms with Crippen molar-refractivity contribution in [1.29, 1.82) is 0 Å². The molecule has 0 aliphatic carbocycles. The van der Waals surface area contributed by atoms with Crippen molar-refractivity contribution in [1.82, 2.24) is 4.98 Å². The lowest BCUT2D eigenvalue weighted by atomic mass is 10.2. The van der Waals surface area contributed by atoms with E-state index in [1.54, 1.807) is 6.20 Å². The van der Waals surface area contributed by atoms with Crippen LogP contribution in [0.5, 0.6) is 0 Å². The maximum atomic E-state index is 5.35. The van der Waals surface area contributed by atoms with Crippen molar-refractivity contribution in [2.45, 2.75) is 19.8 Å². The summed E-state index contributed by atoms with van der Waals surface area (Å²) in [7, 11) is 0. The molecule has 0 aromatic carbocycles. The van der Waals surface area contributed by atoms with Gasteiger partial charge >= 0.3 is 0 Å². The Bertz CT molecular complexity index is 303. The molecule has 1 heterocycles. The van der Waals surface area contributed by atoms with Gasteiger partial charge < -0.3 is 5.73 Å². The third kappa shape index (κ3) is 3.73. The zero-order chi connectivity index (χ0) is 9.52. The Kier molecular flexibility index (Phi) is 4.01. The van der Waals surface area contributed by atoms with Gasteiger partial charge in [-0.05, 0) is 32.0 Å². The molecule has 1 rings (SSSR count). The van der Waals surface area contributed by atoms with Gasteiger partial charge in [0.1, 0.15) is 0 Å². The first-order valence-corrected chi connectivity index (χ1v) is 4.44. The van der Waals surface area contributed by atoms with E-state index in [-0.39, 0.29) is 0 Å². The van der Waals surface area contributed by atoms with E-state index >= 15 is 0 Å². The van der Waals surface area contributed by atoms with Crippen LogP contribution < -0.4 is 5.73 Å². The minimum atomic E-state index is 0.709. The number of hydrogen-bond donors (Lipinski definition) is 1. The van der Waals surface area contributed by atoms with Crippen LogP contribution in [0, 0.1) is 18.8 Å². The van der Waals surface area contributed by atoms with Crippen molar-refractivity contribution < 1.29 is 0 Å². The van der Waals surface area contributed by atoms with E-state index in [2.05, 4.69) is 16.8 Å². The van der Waals surface area contributed by atoms with E-state index < -0.39 is 0 Å². The zero-order valence-corrected chi connectivity index (χ0v) is 7.88. The van der Waals surface area contributed by atoms with Crippen molar-refractivity contribution in [2.24, 2.45) is 5.73 Å². The highest BCUT2D eigenvalue weighted by molar-refractivity contribution is 5.32. The van der Waals surface area contributed by atoms with Crippen molar-refractivity contribution in [3.8, 4) is 11.8 Å². The highest BCUT2D eigenvalue weighted by Crippen LogP contribution is 1.96. The summed E-state index contributed by atoms with van der Waals surface area (Å²) in [6.07, 6.45) is 3.63. The Morgan fingerprint density at radius 3 is 2.92 bits per heavy atom. The molecule has 0 aliphatic heterocycles. The van der Waals surface area contributed by atoms with Crippen LogP contribution >= 0.6 is 0 Å². The summed E-state index contributed by atoms with van der Waals surface area (Å²) in [5, 5.41) is 0. The Labute approximate surface area is 79.2 Å². The van der Waals surface area contributed by atoms with Gasteiger partial charge in [-0.3, -0.25) is 4.98 Å². The number of rotatable bonds is 2. The Morgan fingerprint density at radius 2 is 2.31 bits per heavy atom. The summed E-state index contributed by atoms with van der Waals surface area (Å²) in [4.78, 5) is 4.15. The molecule has 0 unspecified atom stereocenters. The molecule has 0 aliphatic rings. The standard InChI is InChI=1S/C11H14N2/c1-10-6-7-11(9-13-10)5-3-2-4-8-12/h6-7,9H,2,4,8,12H2,1H3. The van der Waals surface area contributed by atoms with E-state index in [0.29, 0.717) is 6.54 Å². The van der Waals surface area contributed by atoms with Gasteiger partial charge in [0.15, 0.2) is 0 Å². The minimum Gasteiger partial charge on any atom is -0.330 e. The van der Waals surface area contributed by atoms with E-state index in [1.807, 2.05) is 19.1 Å².